The van der Waals surface area contributed by atoms with Gasteiger partial charge in [0.05, 0.1) is 17.7 Å². The number of aromatic nitrogens is 6. The molecule has 5 rings (SSSR count). The van der Waals surface area contributed by atoms with Crippen LogP contribution in [0, 0.1) is 0 Å². The SMILES string of the molecule is CCOC(=O)Cn1nc(C2(C)C(=O)Nc3nc(-c4nn(CCC(F)(F)C(F)(F)F)c5cc(Cl)ccc45)nc(N)c32)oc1=O. The van der Waals surface area contributed by atoms with Gasteiger partial charge in [0, 0.05) is 23.4 Å². The van der Waals surface area contributed by atoms with Crippen molar-refractivity contribution < 1.29 is 40.7 Å². The lowest BCUT2D eigenvalue weighted by atomic mass is 9.84. The Labute approximate surface area is 241 Å². The highest BCUT2D eigenvalue weighted by atomic mass is 35.5. The molecule has 0 spiro atoms. The molecule has 19 heteroatoms. The number of nitrogens with zero attached hydrogens (tertiary/aromatic N) is 6. The number of nitrogens with two attached hydrogens (primary N) is 1. The van der Waals surface area contributed by atoms with Crippen LogP contribution >= 0.6 is 11.6 Å². The number of aryl methyl sites for hydroxylation is 1. The molecule has 0 fully saturated rings. The molecule has 1 amide bonds. The molecule has 0 bridgehead atoms. The molecule has 3 aromatic heterocycles. The number of anilines is 2. The summed E-state index contributed by atoms with van der Waals surface area (Å²) in [5.41, 5.74) is 4.45. The molecule has 13 nitrogen and oxygen atoms in total. The maximum atomic E-state index is 13.7. The number of rotatable bonds is 8. The molecule has 0 saturated heterocycles. The van der Waals surface area contributed by atoms with E-state index in [1.165, 1.54) is 25.1 Å². The second-order valence-corrected chi connectivity index (χ2v) is 9.99. The Morgan fingerprint density at radius 1 is 1.16 bits per heavy atom. The maximum absolute atomic E-state index is 13.7. The number of amides is 1. The summed E-state index contributed by atoms with van der Waals surface area (Å²) in [4.78, 5) is 45.9. The predicted octanol–water partition coefficient (Wildman–Crippen LogP) is 3.29. The van der Waals surface area contributed by atoms with Crippen molar-refractivity contribution in [2.24, 2.45) is 0 Å². The van der Waals surface area contributed by atoms with Crippen LogP contribution in [0.1, 0.15) is 31.7 Å². The molecule has 43 heavy (non-hydrogen) atoms. The molecule has 0 aliphatic carbocycles. The molecule has 1 aliphatic rings. The van der Waals surface area contributed by atoms with E-state index >= 15 is 0 Å². The van der Waals surface area contributed by atoms with Gasteiger partial charge in [0.25, 0.3) is 0 Å². The number of fused-ring (bicyclic) bond motifs is 2. The van der Waals surface area contributed by atoms with Crippen molar-refractivity contribution in [3.63, 3.8) is 0 Å². The van der Waals surface area contributed by atoms with E-state index in [0.717, 1.165) is 4.68 Å². The Morgan fingerprint density at radius 3 is 2.56 bits per heavy atom. The van der Waals surface area contributed by atoms with E-state index in [4.69, 9.17) is 26.5 Å². The van der Waals surface area contributed by atoms with E-state index < -0.39 is 60.5 Å². The van der Waals surface area contributed by atoms with Crippen LogP contribution in [0.4, 0.5) is 33.6 Å². The number of carbonyl (C=O) groups is 2. The van der Waals surface area contributed by atoms with E-state index in [0.29, 0.717) is 4.68 Å². The number of carbonyl (C=O) groups excluding carboxylic acids is 2. The van der Waals surface area contributed by atoms with E-state index in [9.17, 15) is 36.3 Å². The molecule has 1 aliphatic heterocycles. The minimum absolute atomic E-state index is 0.0256. The van der Waals surface area contributed by atoms with E-state index in [2.05, 4.69) is 25.5 Å². The third-order valence-corrected chi connectivity index (χ3v) is 6.95. The van der Waals surface area contributed by atoms with Crippen LogP contribution in [-0.4, -0.2) is 60.1 Å². The lowest BCUT2D eigenvalue weighted by Crippen LogP contribution is -2.37. The van der Waals surface area contributed by atoms with E-state index in [-0.39, 0.29) is 51.2 Å². The van der Waals surface area contributed by atoms with Crippen LogP contribution in [0.3, 0.4) is 0 Å². The Morgan fingerprint density at radius 2 is 1.88 bits per heavy atom. The lowest BCUT2D eigenvalue weighted by Gasteiger charge is -2.19. The van der Waals surface area contributed by atoms with Crippen molar-refractivity contribution >= 4 is 46.0 Å². The van der Waals surface area contributed by atoms with Crippen molar-refractivity contribution in [3.05, 3.63) is 45.2 Å². The van der Waals surface area contributed by atoms with Gasteiger partial charge in [-0.3, -0.25) is 14.3 Å². The van der Waals surface area contributed by atoms with Gasteiger partial charge in [-0.15, -0.1) is 5.10 Å². The third-order valence-electron chi connectivity index (χ3n) is 6.72. The molecule has 3 N–H and O–H groups in total. The summed E-state index contributed by atoms with van der Waals surface area (Å²) < 4.78 is 77.2. The first kappa shape index (κ1) is 29.9. The molecular formula is C24H20ClF5N8O5. The average Bonchev–Trinajstić information content (AvgIpc) is 3.54. The minimum Gasteiger partial charge on any atom is -0.465 e. The zero-order valence-corrected chi connectivity index (χ0v) is 22.9. The zero-order valence-electron chi connectivity index (χ0n) is 22.1. The van der Waals surface area contributed by atoms with Crippen LogP contribution in [0.2, 0.25) is 5.02 Å². The number of hydrogen-bond donors (Lipinski definition) is 2. The van der Waals surface area contributed by atoms with Gasteiger partial charge < -0.3 is 20.2 Å². The predicted molar refractivity (Wildman–Crippen MR) is 138 cm³/mol. The van der Waals surface area contributed by atoms with Gasteiger partial charge in [-0.25, -0.2) is 14.8 Å². The summed E-state index contributed by atoms with van der Waals surface area (Å²) >= 11 is 6.04. The van der Waals surface area contributed by atoms with E-state index in [1.807, 2.05) is 0 Å². The Hall–Kier alpha value is -4.61. The largest absolute Gasteiger partial charge is 0.465 e. The van der Waals surface area contributed by atoms with Crippen molar-refractivity contribution in [1.29, 1.82) is 0 Å². The molecule has 228 valence electrons. The summed E-state index contributed by atoms with van der Waals surface area (Å²) in [5, 5.41) is 11.0. The number of alkyl halides is 5. The van der Waals surface area contributed by atoms with Crippen LogP contribution in [-0.2, 0) is 32.8 Å². The Bertz CT molecular complexity index is 1830. The Kier molecular flexibility index (Phi) is 7.14. The fourth-order valence-electron chi connectivity index (χ4n) is 4.53. The molecule has 1 aromatic carbocycles. The summed E-state index contributed by atoms with van der Waals surface area (Å²) in [6, 6.07) is 4.20. The van der Waals surface area contributed by atoms with Gasteiger partial charge in [-0.05, 0) is 32.0 Å². The standard InChI is InChI=1S/C24H20ClF5N8O5/c1-3-42-13(39)9-38-21(41)43-20(36-38)22(2)14-16(31)32-18(33-17(14)34-19(22)40)15-11-5-4-10(25)8-12(11)37(35-15)7-6-23(26,27)24(28,29)30/h4-5,8H,3,6-7,9H2,1-2H3,(H3,31,32,33,34,40). The summed E-state index contributed by atoms with van der Waals surface area (Å²) in [5.74, 6) is -8.60. The number of halogens is 6. The first-order valence-electron chi connectivity index (χ1n) is 12.4. The van der Waals surface area contributed by atoms with E-state index in [1.54, 1.807) is 6.92 Å². The lowest BCUT2D eigenvalue weighted by molar-refractivity contribution is -0.285. The fourth-order valence-corrected chi connectivity index (χ4v) is 4.69. The van der Waals surface area contributed by atoms with Gasteiger partial charge in [-0.1, -0.05) is 11.6 Å². The molecular weight excluding hydrogens is 611 g/mol. The maximum Gasteiger partial charge on any atom is 0.453 e. The second-order valence-electron chi connectivity index (χ2n) is 9.56. The van der Waals surface area contributed by atoms with Crippen molar-refractivity contribution in [2.75, 3.05) is 17.7 Å². The monoisotopic (exact) mass is 630 g/mol. The molecule has 0 saturated carbocycles. The second kappa shape index (κ2) is 10.3. The summed E-state index contributed by atoms with van der Waals surface area (Å²) in [7, 11) is 0. The third kappa shape index (κ3) is 5.04. The minimum atomic E-state index is -5.76. The summed E-state index contributed by atoms with van der Waals surface area (Å²) in [6.45, 7) is 1.54. The Balaban J connectivity index is 1.56. The number of esters is 1. The molecule has 4 aromatic rings. The van der Waals surface area contributed by atoms with Gasteiger partial charge in [0.2, 0.25) is 11.8 Å². The highest BCUT2D eigenvalue weighted by molar-refractivity contribution is 6.31. The summed E-state index contributed by atoms with van der Waals surface area (Å²) in [6.07, 6.45) is -7.36. The first-order valence-corrected chi connectivity index (χ1v) is 12.8. The van der Waals surface area contributed by atoms with Gasteiger partial charge in [-0.2, -0.15) is 31.7 Å². The van der Waals surface area contributed by atoms with Crippen LogP contribution in [0.15, 0.2) is 27.4 Å². The van der Waals surface area contributed by atoms with Crippen LogP contribution < -0.4 is 16.8 Å². The normalized spacial score (nSPS) is 16.9. The molecule has 1 unspecified atom stereocenters. The number of hydrogen-bond acceptors (Lipinski definition) is 10. The van der Waals surface area contributed by atoms with Gasteiger partial charge in [0.1, 0.15) is 23.9 Å². The topological polar surface area (TPSA) is 173 Å². The smallest absolute Gasteiger partial charge is 0.453 e. The van der Waals surface area contributed by atoms with Gasteiger partial charge >= 0.3 is 23.8 Å². The van der Waals surface area contributed by atoms with Crippen molar-refractivity contribution in [2.45, 2.75) is 50.9 Å². The number of ether oxygens (including phenoxy) is 1. The van der Waals surface area contributed by atoms with Crippen LogP contribution in [0.25, 0.3) is 22.4 Å². The quantitative estimate of drug-likeness (QED) is 0.217. The highest BCUT2D eigenvalue weighted by Gasteiger charge is 2.57. The zero-order chi connectivity index (χ0) is 31.5. The van der Waals surface area contributed by atoms with Crippen molar-refractivity contribution in [3.8, 4) is 11.5 Å². The highest BCUT2D eigenvalue weighted by Crippen LogP contribution is 2.45. The molecule has 1 atom stereocenters. The molecule has 4 heterocycles. The number of nitrogen functional groups attached to an aromatic ring is 1. The number of benzene rings is 1. The number of nitrogens with one attached hydrogen (secondary N) is 1. The van der Waals surface area contributed by atoms with Crippen molar-refractivity contribution in [1.82, 2.24) is 29.5 Å². The fraction of sp³-hybridized carbons (Fsp3) is 0.375. The first-order chi connectivity index (χ1) is 20.1. The van der Waals surface area contributed by atoms with Gasteiger partial charge in [0.15, 0.2) is 11.2 Å². The average molecular weight is 631 g/mol. The molecule has 0 radical (unpaired) electrons. The van der Waals surface area contributed by atoms with Crippen LogP contribution in [0.5, 0.6) is 0 Å².